The topological polar surface area (TPSA) is 0 Å². The average Bonchev–Trinajstić information content (AvgIpc) is 2.29. The Labute approximate surface area is 102 Å². The summed E-state index contributed by atoms with van der Waals surface area (Å²) in [5.41, 5.74) is 1.92. The summed E-state index contributed by atoms with van der Waals surface area (Å²) in [6.45, 7) is 0. The molecular weight excluding hydrogens is 220 g/mol. The van der Waals surface area contributed by atoms with Gasteiger partial charge in [-0.25, -0.2) is 0 Å². The molecule has 2 saturated carbocycles. The molecular formula is C13H20S2. The third-order valence-corrected chi connectivity index (χ3v) is 6.77. The molecule has 15 heavy (non-hydrogen) atoms. The van der Waals surface area contributed by atoms with Gasteiger partial charge in [0.1, 0.15) is 0 Å². The summed E-state index contributed by atoms with van der Waals surface area (Å²) in [5, 5.41) is 0. The minimum absolute atomic E-state index is 0.991. The maximum Gasteiger partial charge on any atom is 0.0398 e. The summed E-state index contributed by atoms with van der Waals surface area (Å²) in [7, 11) is 0. The van der Waals surface area contributed by atoms with Crippen LogP contribution in [0.15, 0.2) is 9.81 Å². The molecule has 3 fully saturated rings. The molecule has 0 aromatic carbocycles. The van der Waals surface area contributed by atoms with Crippen LogP contribution in [0.1, 0.15) is 44.9 Å². The predicted octanol–water partition coefficient (Wildman–Crippen LogP) is 4.67. The third-order valence-electron chi connectivity index (χ3n) is 4.08. The molecule has 0 amide bonds. The van der Waals surface area contributed by atoms with Gasteiger partial charge in [0.05, 0.1) is 0 Å². The zero-order chi connectivity index (χ0) is 10.1. The van der Waals surface area contributed by atoms with Crippen LogP contribution >= 0.6 is 23.5 Å². The van der Waals surface area contributed by atoms with E-state index >= 15 is 0 Å². The van der Waals surface area contributed by atoms with Crippen molar-refractivity contribution < 1.29 is 0 Å². The molecule has 1 heterocycles. The summed E-state index contributed by atoms with van der Waals surface area (Å²) in [5.74, 6) is 4.74. The van der Waals surface area contributed by atoms with Crippen molar-refractivity contribution in [3.05, 3.63) is 9.81 Å². The van der Waals surface area contributed by atoms with E-state index in [2.05, 4.69) is 23.5 Å². The third kappa shape index (κ3) is 2.12. The van der Waals surface area contributed by atoms with Crippen molar-refractivity contribution in [1.29, 1.82) is 0 Å². The smallest absolute Gasteiger partial charge is 0.0398 e. The summed E-state index contributed by atoms with van der Waals surface area (Å²) in [4.78, 5) is 0. The minimum Gasteiger partial charge on any atom is -0.119 e. The Morgan fingerprint density at radius 3 is 1.80 bits per heavy atom. The molecule has 2 bridgehead atoms. The molecule has 0 unspecified atom stereocenters. The second-order valence-corrected chi connectivity index (χ2v) is 7.52. The van der Waals surface area contributed by atoms with Crippen LogP contribution < -0.4 is 0 Å². The lowest BCUT2D eigenvalue weighted by molar-refractivity contribution is 0.277. The molecule has 1 aliphatic heterocycles. The molecule has 0 aromatic heterocycles. The molecule has 2 aliphatic carbocycles. The zero-order valence-electron chi connectivity index (χ0n) is 9.34. The van der Waals surface area contributed by atoms with E-state index < -0.39 is 0 Å². The van der Waals surface area contributed by atoms with Crippen molar-refractivity contribution in [1.82, 2.24) is 0 Å². The Bertz CT molecular complexity index is 238. The fraction of sp³-hybridized carbons (Fsp3) is 0.846. The van der Waals surface area contributed by atoms with Crippen LogP contribution in [0, 0.1) is 11.8 Å². The lowest BCUT2D eigenvalue weighted by Gasteiger charge is -2.39. The van der Waals surface area contributed by atoms with E-state index in [0.717, 1.165) is 11.8 Å². The van der Waals surface area contributed by atoms with Crippen molar-refractivity contribution in [3.63, 3.8) is 0 Å². The number of thioether (sulfide) groups is 2. The van der Waals surface area contributed by atoms with Gasteiger partial charge in [-0.1, -0.05) is 12.8 Å². The largest absolute Gasteiger partial charge is 0.119 e. The van der Waals surface area contributed by atoms with Crippen LogP contribution in [-0.4, -0.2) is 11.5 Å². The maximum atomic E-state index is 2.17. The summed E-state index contributed by atoms with van der Waals surface area (Å²) in [6, 6.07) is 0. The first-order valence-corrected chi connectivity index (χ1v) is 8.42. The van der Waals surface area contributed by atoms with Gasteiger partial charge < -0.3 is 0 Å². The van der Waals surface area contributed by atoms with Gasteiger partial charge in [0, 0.05) is 4.24 Å². The first-order valence-electron chi connectivity index (χ1n) is 6.45. The van der Waals surface area contributed by atoms with Gasteiger partial charge in [-0.3, -0.25) is 0 Å². The van der Waals surface area contributed by atoms with Gasteiger partial charge in [0.15, 0.2) is 0 Å². The first-order chi connectivity index (χ1) is 7.45. The molecule has 0 nitrogen and oxygen atoms in total. The van der Waals surface area contributed by atoms with Crippen LogP contribution in [0.25, 0.3) is 0 Å². The number of hydrogen-bond acceptors (Lipinski definition) is 2. The van der Waals surface area contributed by atoms with E-state index in [-0.39, 0.29) is 0 Å². The van der Waals surface area contributed by atoms with Crippen LogP contribution in [0.2, 0.25) is 0 Å². The lowest BCUT2D eigenvalue weighted by Crippen LogP contribution is -2.25. The Morgan fingerprint density at radius 1 is 0.733 bits per heavy atom. The lowest BCUT2D eigenvalue weighted by atomic mass is 9.69. The number of allylic oxidation sites excluding steroid dienone is 1. The molecule has 0 spiro atoms. The molecule has 0 aromatic rings. The maximum absolute atomic E-state index is 2.17. The molecule has 3 aliphatic rings. The highest BCUT2D eigenvalue weighted by Gasteiger charge is 2.33. The highest BCUT2D eigenvalue weighted by atomic mass is 32.2. The van der Waals surface area contributed by atoms with Gasteiger partial charge >= 0.3 is 0 Å². The molecule has 84 valence electrons. The first kappa shape index (κ1) is 10.6. The molecule has 2 heteroatoms. The van der Waals surface area contributed by atoms with E-state index in [9.17, 15) is 0 Å². The van der Waals surface area contributed by atoms with E-state index in [1.807, 2.05) is 5.57 Å². The average molecular weight is 240 g/mol. The van der Waals surface area contributed by atoms with Gasteiger partial charge in [-0.15, -0.1) is 23.5 Å². The summed E-state index contributed by atoms with van der Waals surface area (Å²) < 4.78 is 1.76. The van der Waals surface area contributed by atoms with Gasteiger partial charge in [-0.05, 0) is 61.0 Å². The minimum atomic E-state index is 0.991. The molecule has 3 rings (SSSR count). The number of rotatable bonds is 0. The second kappa shape index (κ2) is 4.75. The fourth-order valence-corrected chi connectivity index (χ4v) is 6.36. The van der Waals surface area contributed by atoms with Gasteiger partial charge in [0.2, 0.25) is 0 Å². The number of fused-ring (bicyclic) bond motifs is 2. The Morgan fingerprint density at radius 2 is 1.27 bits per heavy atom. The molecule has 0 atom stereocenters. The van der Waals surface area contributed by atoms with Gasteiger partial charge in [-0.2, -0.15) is 0 Å². The normalized spacial score (nSPS) is 36.8. The van der Waals surface area contributed by atoms with Crippen molar-refractivity contribution in [3.8, 4) is 0 Å². The van der Waals surface area contributed by atoms with E-state index in [0.29, 0.717) is 0 Å². The standard InChI is InChI=1S/C13H20S2/c1-4-10-6-2-7-11(5-1)12(10)13-14-8-3-9-15-13/h10-11H,1-9H2. The van der Waals surface area contributed by atoms with Gasteiger partial charge in [0.25, 0.3) is 0 Å². The fourth-order valence-electron chi connectivity index (χ4n) is 3.40. The summed E-state index contributed by atoms with van der Waals surface area (Å²) >= 11 is 4.34. The van der Waals surface area contributed by atoms with Crippen LogP contribution in [-0.2, 0) is 0 Å². The quantitative estimate of drug-likeness (QED) is 0.603. The summed E-state index contributed by atoms with van der Waals surface area (Å²) in [6.07, 6.45) is 10.4. The Balaban J connectivity index is 1.87. The number of hydrogen-bond donors (Lipinski definition) is 0. The van der Waals surface area contributed by atoms with E-state index in [1.54, 1.807) is 4.24 Å². The second-order valence-electron chi connectivity index (χ2n) is 5.05. The van der Waals surface area contributed by atoms with E-state index in [4.69, 9.17) is 0 Å². The molecule has 0 N–H and O–H groups in total. The zero-order valence-corrected chi connectivity index (χ0v) is 11.0. The predicted molar refractivity (Wildman–Crippen MR) is 71.2 cm³/mol. The highest BCUT2D eigenvalue weighted by Crippen LogP contribution is 2.51. The molecule has 0 radical (unpaired) electrons. The van der Waals surface area contributed by atoms with Crippen molar-refractivity contribution in [2.45, 2.75) is 44.9 Å². The van der Waals surface area contributed by atoms with Crippen LogP contribution in [0.4, 0.5) is 0 Å². The van der Waals surface area contributed by atoms with Crippen molar-refractivity contribution in [2.75, 3.05) is 11.5 Å². The van der Waals surface area contributed by atoms with Crippen molar-refractivity contribution >= 4 is 23.5 Å². The Hall–Kier alpha value is 0.440. The van der Waals surface area contributed by atoms with Crippen LogP contribution in [0.5, 0.6) is 0 Å². The molecule has 1 saturated heterocycles. The SMILES string of the molecule is C1CSC(=C2C3CCCC2CCC3)SC1. The van der Waals surface area contributed by atoms with Crippen molar-refractivity contribution in [2.24, 2.45) is 11.8 Å². The monoisotopic (exact) mass is 240 g/mol. The van der Waals surface area contributed by atoms with E-state index in [1.165, 1.54) is 56.5 Å². The highest BCUT2D eigenvalue weighted by molar-refractivity contribution is 8.22. The van der Waals surface area contributed by atoms with Crippen LogP contribution in [0.3, 0.4) is 0 Å². The Kier molecular flexibility index (Phi) is 3.35.